The Morgan fingerprint density at radius 3 is 1.55 bits per heavy atom. The number of fused-ring (bicyclic) bond motifs is 9. The average molecular weight is 857 g/mol. The zero-order valence-corrected chi connectivity index (χ0v) is 38.2. The van der Waals surface area contributed by atoms with E-state index < -0.39 is 0 Å². The summed E-state index contributed by atoms with van der Waals surface area (Å²) in [4.78, 5) is 2.39. The molecule has 67 heavy (non-hydrogen) atoms. The van der Waals surface area contributed by atoms with E-state index in [2.05, 4.69) is 255 Å². The van der Waals surface area contributed by atoms with Gasteiger partial charge in [-0.2, -0.15) is 0 Å². The first kappa shape index (κ1) is 39.2. The van der Waals surface area contributed by atoms with Crippen molar-refractivity contribution in [2.75, 3.05) is 4.90 Å². The molecule has 10 aromatic carbocycles. The Balaban J connectivity index is 0.869. The second kappa shape index (κ2) is 14.9. The SMILES string of the molecule is Cc1cc(-c2cccc3c4cccc5c6ccccc6n(c23)c54)ccc1-c1ccc(N(c2ccc(-c3ccccc3)cc2)c2ccc(-c3ccc4c(c3)C(C)(C)c3ccccc3-4)cc2)cc1C. The fourth-order valence-electron chi connectivity index (χ4n) is 11.5. The van der Waals surface area contributed by atoms with Crippen molar-refractivity contribution in [3.63, 3.8) is 0 Å². The Morgan fingerprint density at radius 2 is 0.821 bits per heavy atom. The highest BCUT2D eigenvalue weighted by atomic mass is 15.1. The van der Waals surface area contributed by atoms with Crippen molar-refractivity contribution < 1.29 is 0 Å². The lowest BCUT2D eigenvalue weighted by Crippen LogP contribution is -2.14. The second-order valence-electron chi connectivity index (χ2n) is 19.0. The Labute approximate surface area is 392 Å². The van der Waals surface area contributed by atoms with Gasteiger partial charge in [-0.3, -0.25) is 0 Å². The summed E-state index contributed by atoms with van der Waals surface area (Å²) < 4.78 is 2.50. The summed E-state index contributed by atoms with van der Waals surface area (Å²) in [7, 11) is 0. The molecule has 2 nitrogen and oxygen atoms in total. The van der Waals surface area contributed by atoms with Crippen molar-refractivity contribution in [2.45, 2.75) is 33.1 Å². The minimum absolute atomic E-state index is 0.0454. The largest absolute Gasteiger partial charge is 0.310 e. The molecule has 0 amide bonds. The molecule has 0 spiro atoms. The quantitative estimate of drug-likeness (QED) is 0.155. The number of benzene rings is 10. The van der Waals surface area contributed by atoms with Gasteiger partial charge in [-0.1, -0.05) is 184 Å². The summed E-state index contributed by atoms with van der Waals surface area (Å²) >= 11 is 0. The van der Waals surface area contributed by atoms with Gasteiger partial charge < -0.3 is 9.30 Å². The lowest BCUT2D eigenvalue weighted by atomic mass is 9.81. The predicted octanol–water partition coefficient (Wildman–Crippen LogP) is 17.9. The van der Waals surface area contributed by atoms with Crippen LogP contribution in [0.5, 0.6) is 0 Å². The van der Waals surface area contributed by atoms with Crippen LogP contribution in [-0.4, -0.2) is 4.40 Å². The van der Waals surface area contributed by atoms with Crippen LogP contribution < -0.4 is 4.90 Å². The number of nitrogens with zero attached hydrogens (tertiary/aromatic N) is 2. The number of anilines is 3. The lowest BCUT2D eigenvalue weighted by molar-refractivity contribution is 0.660. The zero-order chi connectivity index (χ0) is 45.0. The Morgan fingerprint density at radius 1 is 0.328 bits per heavy atom. The lowest BCUT2D eigenvalue weighted by Gasteiger charge is -2.27. The molecule has 0 aliphatic heterocycles. The summed E-state index contributed by atoms with van der Waals surface area (Å²) in [5.74, 6) is 0. The van der Waals surface area contributed by atoms with Gasteiger partial charge in [-0.05, 0) is 135 Å². The highest BCUT2D eigenvalue weighted by Gasteiger charge is 2.35. The topological polar surface area (TPSA) is 7.65 Å². The molecule has 0 radical (unpaired) electrons. The number of rotatable bonds is 7. The van der Waals surface area contributed by atoms with Crippen molar-refractivity contribution in [1.82, 2.24) is 4.40 Å². The van der Waals surface area contributed by atoms with Crippen LogP contribution in [0.4, 0.5) is 17.1 Å². The summed E-state index contributed by atoms with van der Waals surface area (Å²) in [6, 6.07) is 81.0. The van der Waals surface area contributed by atoms with Crippen molar-refractivity contribution in [1.29, 1.82) is 0 Å². The third-order valence-electron chi connectivity index (χ3n) is 14.8. The normalized spacial score (nSPS) is 12.9. The molecule has 1 aliphatic carbocycles. The molecule has 0 saturated heterocycles. The molecule has 0 bridgehead atoms. The number of aryl methyl sites for hydroxylation is 2. The van der Waals surface area contributed by atoms with Crippen LogP contribution in [0.1, 0.15) is 36.1 Å². The van der Waals surface area contributed by atoms with E-state index in [4.69, 9.17) is 0 Å². The molecule has 0 unspecified atom stereocenters. The number of aromatic nitrogens is 1. The predicted molar refractivity (Wildman–Crippen MR) is 285 cm³/mol. The maximum Gasteiger partial charge on any atom is 0.0620 e. The minimum Gasteiger partial charge on any atom is -0.310 e. The number of hydrogen-bond donors (Lipinski definition) is 0. The first-order valence-electron chi connectivity index (χ1n) is 23.5. The first-order chi connectivity index (χ1) is 32.8. The summed E-state index contributed by atoms with van der Waals surface area (Å²) in [6.07, 6.45) is 0. The van der Waals surface area contributed by atoms with Crippen LogP contribution in [0, 0.1) is 13.8 Å². The van der Waals surface area contributed by atoms with E-state index in [1.165, 1.54) is 116 Å². The maximum absolute atomic E-state index is 2.50. The van der Waals surface area contributed by atoms with Crippen molar-refractivity contribution in [2.24, 2.45) is 0 Å². The molecule has 1 aliphatic rings. The van der Waals surface area contributed by atoms with Crippen molar-refractivity contribution in [3.8, 4) is 55.6 Å². The molecule has 0 N–H and O–H groups in total. The Bertz CT molecular complexity index is 3890. The van der Waals surface area contributed by atoms with Crippen LogP contribution in [0.15, 0.2) is 218 Å². The molecule has 0 fully saturated rings. The smallest absolute Gasteiger partial charge is 0.0620 e. The maximum atomic E-state index is 2.50. The van der Waals surface area contributed by atoms with Gasteiger partial charge >= 0.3 is 0 Å². The van der Waals surface area contributed by atoms with E-state index in [1.807, 2.05) is 0 Å². The van der Waals surface area contributed by atoms with E-state index in [0.29, 0.717) is 0 Å². The van der Waals surface area contributed by atoms with Crippen molar-refractivity contribution in [3.05, 3.63) is 241 Å². The molecule has 2 heteroatoms. The molecular weight excluding hydrogens is 809 g/mol. The van der Waals surface area contributed by atoms with Crippen LogP contribution >= 0.6 is 0 Å². The van der Waals surface area contributed by atoms with Crippen LogP contribution in [0.25, 0.3) is 93.7 Å². The van der Waals surface area contributed by atoms with Gasteiger partial charge in [0.2, 0.25) is 0 Å². The Hall–Kier alpha value is -8.20. The molecule has 0 atom stereocenters. The van der Waals surface area contributed by atoms with E-state index >= 15 is 0 Å². The van der Waals surface area contributed by atoms with Gasteiger partial charge in [-0.25, -0.2) is 0 Å². The minimum atomic E-state index is -0.0454. The van der Waals surface area contributed by atoms with Crippen LogP contribution in [0.2, 0.25) is 0 Å². The van der Waals surface area contributed by atoms with Crippen LogP contribution in [0.3, 0.4) is 0 Å². The fourth-order valence-corrected chi connectivity index (χ4v) is 11.5. The van der Waals surface area contributed by atoms with E-state index in [1.54, 1.807) is 0 Å². The highest BCUT2D eigenvalue weighted by Crippen LogP contribution is 2.50. The van der Waals surface area contributed by atoms with Gasteiger partial charge in [0.25, 0.3) is 0 Å². The monoisotopic (exact) mass is 856 g/mol. The van der Waals surface area contributed by atoms with E-state index in [-0.39, 0.29) is 5.41 Å². The van der Waals surface area contributed by atoms with Gasteiger partial charge in [0.05, 0.1) is 16.6 Å². The van der Waals surface area contributed by atoms with Crippen LogP contribution in [-0.2, 0) is 5.41 Å². The van der Waals surface area contributed by atoms with Crippen molar-refractivity contribution >= 4 is 55.2 Å². The molecule has 0 saturated carbocycles. The van der Waals surface area contributed by atoms with Gasteiger partial charge in [0.1, 0.15) is 0 Å². The second-order valence-corrected chi connectivity index (χ2v) is 19.0. The average Bonchev–Trinajstić information content (AvgIpc) is 3.97. The van der Waals surface area contributed by atoms with Gasteiger partial charge in [0, 0.05) is 49.6 Å². The zero-order valence-electron chi connectivity index (χ0n) is 38.2. The standard InChI is InChI=1S/C65H48N2/c1-41-38-47(53-18-12-20-58-59-21-13-19-57-56-17-9-11-23-62(56)67(63(53)58)64(57)59)29-35-51(41)52-37-34-50(39-42(52)2)66(48-30-24-44(25-31-48)43-14-6-5-7-15-43)49-32-26-45(27-33-49)46-28-36-55-54-16-8-10-22-60(54)65(3,4)61(55)40-46/h5-40H,1-4H3. The number of para-hydroxylation sites is 3. The third kappa shape index (κ3) is 6.03. The molecule has 12 aromatic rings. The summed E-state index contributed by atoms with van der Waals surface area (Å²) in [5.41, 5.74) is 25.0. The fraction of sp³-hybridized carbons (Fsp3) is 0.0769. The summed E-state index contributed by atoms with van der Waals surface area (Å²) in [6.45, 7) is 9.22. The van der Waals surface area contributed by atoms with Gasteiger partial charge in [0.15, 0.2) is 0 Å². The Kier molecular flexibility index (Phi) is 8.73. The van der Waals surface area contributed by atoms with E-state index in [0.717, 1.165) is 17.1 Å². The first-order valence-corrected chi connectivity index (χ1v) is 23.5. The van der Waals surface area contributed by atoms with E-state index in [9.17, 15) is 0 Å². The molecule has 13 rings (SSSR count). The molecule has 318 valence electrons. The number of hydrogen-bond acceptors (Lipinski definition) is 1. The summed E-state index contributed by atoms with van der Waals surface area (Å²) in [5, 5.41) is 5.22. The molecule has 2 aromatic heterocycles. The molecular formula is C65H48N2. The highest BCUT2D eigenvalue weighted by molar-refractivity contribution is 6.25. The third-order valence-corrected chi connectivity index (χ3v) is 14.8. The van der Waals surface area contributed by atoms with Gasteiger partial charge in [-0.15, -0.1) is 0 Å². The molecule has 2 heterocycles.